The first-order chi connectivity index (χ1) is 14.3. The van der Waals surface area contributed by atoms with Crippen LogP contribution in [0.4, 0.5) is 8.78 Å². The molecule has 30 heavy (non-hydrogen) atoms. The lowest BCUT2D eigenvalue weighted by molar-refractivity contribution is 0.566. The molecule has 0 saturated carbocycles. The van der Waals surface area contributed by atoms with E-state index in [2.05, 4.69) is 50.9 Å². The van der Waals surface area contributed by atoms with Crippen LogP contribution in [0.5, 0.6) is 0 Å². The van der Waals surface area contributed by atoms with Gasteiger partial charge in [-0.05, 0) is 78.1 Å². The summed E-state index contributed by atoms with van der Waals surface area (Å²) < 4.78 is 27.8. The fourth-order valence-electron chi connectivity index (χ4n) is 4.02. The minimum absolute atomic E-state index is 0.111. The SMILES string of the molecule is Cc1c(CC(C)c2cc(F)ccc2F)cccc1C(C)Cc1ccnc(C(C)C)n1. The molecule has 4 heteroatoms. The Morgan fingerprint density at radius 3 is 2.33 bits per heavy atom. The normalized spacial score (nSPS) is 13.5. The van der Waals surface area contributed by atoms with E-state index in [0.29, 0.717) is 23.8 Å². The fourth-order valence-corrected chi connectivity index (χ4v) is 4.02. The minimum atomic E-state index is -0.400. The first-order valence-electron chi connectivity index (χ1n) is 10.6. The molecule has 2 aromatic carbocycles. The summed E-state index contributed by atoms with van der Waals surface area (Å²) in [5.74, 6) is 0.603. The number of hydrogen-bond acceptors (Lipinski definition) is 2. The van der Waals surface area contributed by atoms with Gasteiger partial charge in [0, 0.05) is 17.8 Å². The summed E-state index contributed by atoms with van der Waals surface area (Å²) in [6.07, 6.45) is 3.33. The van der Waals surface area contributed by atoms with Gasteiger partial charge in [-0.25, -0.2) is 18.7 Å². The van der Waals surface area contributed by atoms with Crippen LogP contribution in [-0.4, -0.2) is 9.97 Å². The monoisotopic (exact) mass is 408 g/mol. The van der Waals surface area contributed by atoms with Crippen molar-refractivity contribution >= 4 is 0 Å². The van der Waals surface area contributed by atoms with E-state index in [0.717, 1.165) is 24.0 Å². The molecule has 0 fully saturated rings. The molecule has 158 valence electrons. The molecule has 1 heterocycles. The first kappa shape index (κ1) is 22.1. The van der Waals surface area contributed by atoms with Gasteiger partial charge >= 0.3 is 0 Å². The summed E-state index contributed by atoms with van der Waals surface area (Å²) in [7, 11) is 0. The second kappa shape index (κ2) is 9.46. The van der Waals surface area contributed by atoms with Crippen molar-refractivity contribution in [3.63, 3.8) is 0 Å². The highest BCUT2D eigenvalue weighted by molar-refractivity contribution is 5.38. The number of hydrogen-bond donors (Lipinski definition) is 0. The van der Waals surface area contributed by atoms with Crippen LogP contribution in [-0.2, 0) is 12.8 Å². The van der Waals surface area contributed by atoms with Crippen LogP contribution >= 0.6 is 0 Å². The number of rotatable bonds is 7. The zero-order valence-electron chi connectivity index (χ0n) is 18.4. The summed E-state index contributed by atoms with van der Waals surface area (Å²) in [6, 6.07) is 12.0. The molecule has 2 atom stereocenters. The summed E-state index contributed by atoms with van der Waals surface area (Å²) in [6.45, 7) is 10.5. The largest absolute Gasteiger partial charge is 0.241 e. The second-order valence-electron chi connectivity index (χ2n) is 8.57. The van der Waals surface area contributed by atoms with Crippen molar-refractivity contribution in [2.24, 2.45) is 0 Å². The van der Waals surface area contributed by atoms with Crippen LogP contribution < -0.4 is 0 Å². The summed E-state index contributed by atoms with van der Waals surface area (Å²) >= 11 is 0. The lowest BCUT2D eigenvalue weighted by Gasteiger charge is -2.20. The summed E-state index contributed by atoms with van der Waals surface area (Å²) in [5, 5.41) is 0. The van der Waals surface area contributed by atoms with Crippen molar-refractivity contribution in [1.29, 1.82) is 0 Å². The van der Waals surface area contributed by atoms with Crippen molar-refractivity contribution in [2.75, 3.05) is 0 Å². The van der Waals surface area contributed by atoms with E-state index in [9.17, 15) is 8.78 Å². The number of nitrogens with zero attached hydrogens (tertiary/aromatic N) is 2. The Balaban J connectivity index is 1.80. The highest BCUT2D eigenvalue weighted by Gasteiger charge is 2.17. The third-order valence-electron chi connectivity index (χ3n) is 5.80. The predicted octanol–water partition coefficient (Wildman–Crippen LogP) is 6.88. The first-order valence-corrected chi connectivity index (χ1v) is 10.6. The van der Waals surface area contributed by atoms with Crippen LogP contribution in [0.25, 0.3) is 0 Å². The van der Waals surface area contributed by atoms with Gasteiger partial charge in [0.05, 0.1) is 0 Å². The molecule has 3 rings (SSSR count). The quantitative estimate of drug-likeness (QED) is 0.426. The number of halogens is 2. The van der Waals surface area contributed by atoms with Gasteiger partial charge in [-0.3, -0.25) is 0 Å². The van der Waals surface area contributed by atoms with Gasteiger partial charge in [0.15, 0.2) is 0 Å². The van der Waals surface area contributed by atoms with Crippen LogP contribution in [0.1, 0.15) is 79.2 Å². The Labute approximate surface area is 178 Å². The number of aromatic nitrogens is 2. The molecule has 0 radical (unpaired) electrons. The molecule has 0 saturated heterocycles. The van der Waals surface area contributed by atoms with Crippen molar-refractivity contribution in [3.05, 3.63) is 94.1 Å². The number of benzene rings is 2. The standard InChI is InChI=1S/C26H30F2N2/c1-16(2)26-29-12-11-22(30-26)14-18(4)23-8-6-7-20(19(23)5)13-17(3)24-15-21(27)9-10-25(24)28/h6-12,15-18H,13-14H2,1-5H3. The fraction of sp³-hybridized carbons (Fsp3) is 0.385. The Morgan fingerprint density at radius 1 is 0.867 bits per heavy atom. The van der Waals surface area contributed by atoms with E-state index in [1.807, 2.05) is 19.2 Å². The van der Waals surface area contributed by atoms with Gasteiger partial charge in [0.25, 0.3) is 0 Å². The lowest BCUT2D eigenvalue weighted by atomic mass is 9.86. The third-order valence-corrected chi connectivity index (χ3v) is 5.80. The molecular weight excluding hydrogens is 378 g/mol. The van der Waals surface area contributed by atoms with Crippen molar-refractivity contribution in [2.45, 2.75) is 65.2 Å². The zero-order chi connectivity index (χ0) is 21.8. The maximum atomic E-state index is 14.2. The molecule has 0 aliphatic carbocycles. The van der Waals surface area contributed by atoms with Crippen LogP contribution in [0.15, 0.2) is 48.7 Å². The Bertz CT molecular complexity index is 1010. The summed E-state index contributed by atoms with van der Waals surface area (Å²) in [4.78, 5) is 9.06. The predicted molar refractivity (Wildman–Crippen MR) is 118 cm³/mol. The molecule has 2 unspecified atom stereocenters. The average Bonchev–Trinajstić information content (AvgIpc) is 2.71. The maximum Gasteiger partial charge on any atom is 0.131 e. The van der Waals surface area contributed by atoms with Crippen molar-refractivity contribution < 1.29 is 8.78 Å². The Kier molecular flexibility index (Phi) is 6.96. The minimum Gasteiger partial charge on any atom is -0.241 e. The van der Waals surface area contributed by atoms with Gasteiger partial charge in [0.1, 0.15) is 17.5 Å². The molecule has 2 nitrogen and oxygen atoms in total. The molecule has 0 amide bonds. The van der Waals surface area contributed by atoms with Gasteiger partial charge in [-0.1, -0.05) is 45.9 Å². The van der Waals surface area contributed by atoms with E-state index in [-0.39, 0.29) is 11.7 Å². The topological polar surface area (TPSA) is 25.8 Å². The summed E-state index contributed by atoms with van der Waals surface area (Å²) in [5.41, 5.74) is 5.12. The zero-order valence-corrected chi connectivity index (χ0v) is 18.4. The molecule has 0 aliphatic heterocycles. The van der Waals surface area contributed by atoms with E-state index in [1.54, 1.807) is 0 Å². The van der Waals surface area contributed by atoms with E-state index in [4.69, 9.17) is 4.98 Å². The van der Waals surface area contributed by atoms with Gasteiger partial charge in [0.2, 0.25) is 0 Å². The Hall–Kier alpha value is -2.62. The molecule has 1 aromatic heterocycles. The van der Waals surface area contributed by atoms with Gasteiger partial charge in [-0.2, -0.15) is 0 Å². The molecule has 3 aromatic rings. The van der Waals surface area contributed by atoms with Crippen LogP contribution in [0.3, 0.4) is 0 Å². The van der Waals surface area contributed by atoms with Crippen molar-refractivity contribution in [1.82, 2.24) is 9.97 Å². The van der Waals surface area contributed by atoms with E-state index >= 15 is 0 Å². The highest BCUT2D eigenvalue weighted by atomic mass is 19.1. The second-order valence-corrected chi connectivity index (χ2v) is 8.57. The van der Waals surface area contributed by atoms with E-state index < -0.39 is 5.82 Å². The van der Waals surface area contributed by atoms with Gasteiger partial charge in [-0.15, -0.1) is 0 Å². The molecule has 0 bridgehead atoms. The van der Waals surface area contributed by atoms with Gasteiger partial charge < -0.3 is 0 Å². The lowest BCUT2D eigenvalue weighted by Crippen LogP contribution is -2.08. The Morgan fingerprint density at radius 2 is 1.60 bits per heavy atom. The van der Waals surface area contributed by atoms with Crippen LogP contribution in [0, 0.1) is 18.6 Å². The third kappa shape index (κ3) is 5.10. The van der Waals surface area contributed by atoms with Crippen LogP contribution in [0.2, 0.25) is 0 Å². The molecule has 0 aliphatic rings. The smallest absolute Gasteiger partial charge is 0.131 e. The molecule has 0 N–H and O–H groups in total. The highest BCUT2D eigenvalue weighted by Crippen LogP contribution is 2.30. The molecule has 0 spiro atoms. The maximum absolute atomic E-state index is 14.2. The molecular formula is C26H30F2N2. The van der Waals surface area contributed by atoms with E-state index in [1.165, 1.54) is 28.8 Å². The van der Waals surface area contributed by atoms with Crippen molar-refractivity contribution in [3.8, 4) is 0 Å². The average molecular weight is 409 g/mol.